The summed E-state index contributed by atoms with van der Waals surface area (Å²) >= 11 is 2.83. The van der Waals surface area contributed by atoms with Crippen LogP contribution in [0.2, 0.25) is 0 Å². The number of aromatic nitrogens is 3. The largest absolute Gasteiger partial charge is 0.410 e. The molecular formula is C18H15N3O2S2. The van der Waals surface area contributed by atoms with E-state index in [0.29, 0.717) is 11.1 Å². The predicted molar refractivity (Wildman–Crippen MR) is 100 cm³/mol. The molecule has 4 aromatic rings. The highest BCUT2D eigenvalue weighted by molar-refractivity contribution is 8.00. The van der Waals surface area contributed by atoms with E-state index in [4.69, 9.17) is 4.42 Å². The number of benzene rings is 1. The second-order valence-electron chi connectivity index (χ2n) is 5.65. The van der Waals surface area contributed by atoms with Crippen molar-refractivity contribution in [1.82, 2.24) is 15.2 Å². The zero-order valence-corrected chi connectivity index (χ0v) is 15.3. The number of carbonyl (C=O) groups excluding carboxylic acids is 1. The van der Waals surface area contributed by atoms with Crippen LogP contribution in [0.1, 0.15) is 23.0 Å². The van der Waals surface area contributed by atoms with Crippen molar-refractivity contribution in [3.8, 4) is 10.8 Å². The highest BCUT2D eigenvalue weighted by Gasteiger charge is 2.24. The number of rotatable bonds is 5. The third kappa shape index (κ3) is 3.01. The molecular weight excluding hydrogens is 354 g/mol. The number of ketones is 1. The second kappa shape index (κ2) is 6.50. The molecule has 0 radical (unpaired) electrons. The van der Waals surface area contributed by atoms with Crippen molar-refractivity contribution in [1.29, 1.82) is 0 Å². The summed E-state index contributed by atoms with van der Waals surface area (Å²) in [5.74, 6) is 0.538. The maximum absolute atomic E-state index is 13.0. The number of thiophene rings is 1. The molecule has 1 aromatic carbocycles. The van der Waals surface area contributed by atoms with Crippen molar-refractivity contribution in [3.05, 3.63) is 53.0 Å². The number of aromatic amines is 1. The van der Waals surface area contributed by atoms with Crippen LogP contribution < -0.4 is 0 Å². The van der Waals surface area contributed by atoms with Gasteiger partial charge in [0.2, 0.25) is 0 Å². The maximum Gasteiger partial charge on any atom is 0.277 e. The first-order valence-corrected chi connectivity index (χ1v) is 9.55. The molecule has 1 atom stereocenters. The monoisotopic (exact) mass is 369 g/mol. The average Bonchev–Trinajstić information content (AvgIpc) is 3.32. The molecule has 1 unspecified atom stereocenters. The van der Waals surface area contributed by atoms with Crippen LogP contribution in [0.3, 0.4) is 0 Å². The summed E-state index contributed by atoms with van der Waals surface area (Å²) in [5, 5.41) is 11.1. The number of nitrogens with zero attached hydrogens (tertiary/aromatic N) is 2. The number of nitrogens with one attached hydrogen (secondary N) is 1. The smallest absolute Gasteiger partial charge is 0.277 e. The zero-order valence-electron chi connectivity index (χ0n) is 13.6. The number of hydrogen-bond acceptors (Lipinski definition) is 6. The molecule has 3 aromatic heterocycles. The Hall–Kier alpha value is -2.38. The lowest BCUT2D eigenvalue weighted by Crippen LogP contribution is -2.14. The molecule has 0 saturated heterocycles. The van der Waals surface area contributed by atoms with E-state index in [1.807, 2.05) is 55.6 Å². The highest BCUT2D eigenvalue weighted by atomic mass is 32.2. The SMILES string of the molecule is Cc1[nH]c2ccccc2c1C(=O)C(C)Sc1nnc(-c2cccs2)o1. The number of H-pyrrole nitrogens is 1. The van der Waals surface area contributed by atoms with Gasteiger partial charge >= 0.3 is 0 Å². The van der Waals surface area contributed by atoms with Gasteiger partial charge < -0.3 is 9.40 Å². The van der Waals surface area contributed by atoms with Gasteiger partial charge in [0.05, 0.1) is 10.1 Å². The van der Waals surface area contributed by atoms with Crippen LogP contribution in [0.15, 0.2) is 51.4 Å². The molecule has 25 heavy (non-hydrogen) atoms. The number of fused-ring (bicyclic) bond motifs is 1. The molecule has 0 amide bonds. The van der Waals surface area contributed by atoms with Gasteiger partial charge in [-0.25, -0.2) is 0 Å². The van der Waals surface area contributed by atoms with Gasteiger partial charge in [-0.05, 0) is 31.4 Å². The first kappa shape index (κ1) is 16.1. The lowest BCUT2D eigenvalue weighted by molar-refractivity contribution is 0.0994. The number of Topliss-reactive ketones (excluding diaryl/α,β-unsaturated/α-hetero) is 1. The molecule has 3 heterocycles. The van der Waals surface area contributed by atoms with Crippen LogP contribution in [0.25, 0.3) is 21.7 Å². The van der Waals surface area contributed by atoms with E-state index in [-0.39, 0.29) is 11.0 Å². The van der Waals surface area contributed by atoms with Gasteiger partial charge in [-0.3, -0.25) is 4.79 Å². The molecule has 0 saturated carbocycles. The molecule has 7 heteroatoms. The summed E-state index contributed by atoms with van der Waals surface area (Å²) in [7, 11) is 0. The van der Waals surface area contributed by atoms with E-state index in [9.17, 15) is 4.79 Å². The zero-order chi connectivity index (χ0) is 17.4. The van der Waals surface area contributed by atoms with Gasteiger partial charge in [0.25, 0.3) is 11.1 Å². The Kier molecular flexibility index (Phi) is 4.19. The highest BCUT2D eigenvalue weighted by Crippen LogP contribution is 2.31. The van der Waals surface area contributed by atoms with E-state index in [1.165, 1.54) is 23.1 Å². The van der Waals surface area contributed by atoms with Crippen LogP contribution in [-0.4, -0.2) is 26.2 Å². The van der Waals surface area contributed by atoms with Crippen molar-refractivity contribution in [2.24, 2.45) is 0 Å². The number of thioether (sulfide) groups is 1. The number of carbonyl (C=O) groups is 1. The quantitative estimate of drug-likeness (QED) is 0.398. The van der Waals surface area contributed by atoms with Gasteiger partial charge in [-0.1, -0.05) is 36.0 Å². The molecule has 0 aliphatic rings. The lowest BCUT2D eigenvalue weighted by Gasteiger charge is -2.07. The van der Waals surface area contributed by atoms with Gasteiger partial charge in [0.15, 0.2) is 5.78 Å². The Morgan fingerprint density at radius 2 is 2.08 bits per heavy atom. The molecule has 0 bridgehead atoms. The number of hydrogen-bond donors (Lipinski definition) is 1. The number of aryl methyl sites for hydroxylation is 1. The standard InChI is InChI=1S/C18H15N3O2S2/c1-10-15(12-6-3-4-7-13(12)19-10)16(22)11(2)25-18-21-20-17(23-18)14-8-5-9-24-14/h3-9,11,19H,1-2H3. The summed E-state index contributed by atoms with van der Waals surface area (Å²) < 4.78 is 5.68. The minimum absolute atomic E-state index is 0.0517. The van der Waals surface area contributed by atoms with Crippen molar-refractivity contribution in [2.45, 2.75) is 24.3 Å². The van der Waals surface area contributed by atoms with Crippen LogP contribution in [0.4, 0.5) is 0 Å². The summed E-state index contributed by atoms with van der Waals surface area (Å²) in [6, 6.07) is 11.7. The van der Waals surface area contributed by atoms with Crippen molar-refractivity contribution >= 4 is 39.8 Å². The van der Waals surface area contributed by atoms with E-state index < -0.39 is 0 Å². The first-order chi connectivity index (χ1) is 12.1. The van der Waals surface area contributed by atoms with Gasteiger partial charge in [-0.15, -0.1) is 21.5 Å². The van der Waals surface area contributed by atoms with Gasteiger partial charge in [0.1, 0.15) is 0 Å². The van der Waals surface area contributed by atoms with Crippen molar-refractivity contribution in [2.75, 3.05) is 0 Å². The normalized spacial score (nSPS) is 12.6. The Morgan fingerprint density at radius 1 is 1.24 bits per heavy atom. The first-order valence-electron chi connectivity index (χ1n) is 7.79. The third-order valence-electron chi connectivity index (χ3n) is 3.93. The van der Waals surface area contributed by atoms with Crippen LogP contribution in [0.5, 0.6) is 0 Å². The van der Waals surface area contributed by atoms with Crippen LogP contribution in [0, 0.1) is 6.92 Å². The fourth-order valence-corrected chi connectivity index (χ4v) is 4.15. The summed E-state index contributed by atoms with van der Waals surface area (Å²) in [6.45, 7) is 3.79. The molecule has 0 aliphatic carbocycles. The van der Waals surface area contributed by atoms with Crippen molar-refractivity contribution < 1.29 is 9.21 Å². The Bertz CT molecular complexity index is 1030. The predicted octanol–water partition coefficient (Wildman–Crippen LogP) is 4.95. The molecule has 0 spiro atoms. The van der Waals surface area contributed by atoms with E-state index in [0.717, 1.165) is 27.0 Å². The van der Waals surface area contributed by atoms with E-state index >= 15 is 0 Å². The summed E-state index contributed by atoms with van der Waals surface area (Å²) in [4.78, 5) is 17.1. The average molecular weight is 369 g/mol. The molecule has 4 rings (SSSR count). The van der Waals surface area contributed by atoms with E-state index in [1.54, 1.807) is 0 Å². The van der Waals surface area contributed by atoms with Gasteiger partial charge in [0, 0.05) is 22.2 Å². The maximum atomic E-state index is 13.0. The Labute approximate surface area is 152 Å². The van der Waals surface area contributed by atoms with Gasteiger partial charge in [-0.2, -0.15) is 0 Å². The summed E-state index contributed by atoms with van der Waals surface area (Å²) in [6.07, 6.45) is 0. The third-order valence-corrected chi connectivity index (χ3v) is 5.72. The lowest BCUT2D eigenvalue weighted by atomic mass is 10.1. The molecule has 0 aliphatic heterocycles. The molecule has 126 valence electrons. The fourth-order valence-electron chi connectivity index (χ4n) is 2.76. The topological polar surface area (TPSA) is 71.8 Å². The number of para-hydroxylation sites is 1. The minimum atomic E-state index is -0.324. The fraction of sp³-hybridized carbons (Fsp3) is 0.167. The molecule has 0 fully saturated rings. The Balaban J connectivity index is 1.57. The van der Waals surface area contributed by atoms with E-state index in [2.05, 4.69) is 15.2 Å². The second-order valence-corrected chi connectivity index (χ2v) is 7.89. The summed E-state index contributed by atoms with van der Waals surface area (Å²) in [5.41, 5.74) is 2.58. The Morgan fingerprint density at radius 3 is 2.88 bits per heavy atom. The van der Waals surface area contributed by atoms with Crippen molar-refractivity contribution in [3.63, 3.8) is 0 Å². The molecule has 5 nitrogen and oxygen atoms in total. The minimum Gasteiger partial charge on any atom is -0.410 e. The van der Waals surface area contributed by atoms with Crippen LogP contribution in [-0.2, 0) is 0 Å². The molecule has 1 N–H and O–H groups in total. The van der Waals surface area contributed by atoms with Crippen LogP contribution >= 0.6 is 23.1 Å².